The van der Waals surface area contributed by atoms with Gasteiger partial charge >= 0.3 is 5.97 Å². The Morgan fingerprint density at radius 3 is 2.33 bits per heavy atom. The number of halogens is 2. The van der Waals surface area contributed by atoms with Crippen LogP contribution in [0.1, 0.15) is 27.0 Å². The molecule has 2 N–H and O–H groups in total. The molecule has 2 aromatic rings. The van der Waals surface area contributed by atoms with Gasteiger partial charge in [0.25, 0.3) is 5.91 Å². The highest BCUT2D eigenvalue weighted by atomic mass is 19.2. The van der Waals surface area contributed by atoms with Crippen molar-refractivity contribution in [3.63, 3.8) is 0 Å². The van der Waals surface area contributed by atoms with Gasteiger partial charge in [0.2, 0.25) is 0 Å². The van der Waals surface area contributed by atoms with Gasteiger partial charge < -0.3 is 10.4 Å². The molecule has 1 amide bonds. The van der Waals surface area contributed by atoms with Gasteiger partial charge in [-0.15, -0.1) is 0 Å². The summed E-state index contributed by atoms with van der Waals surface area (Å²) < 4.78 is 26.1. The zero-order valence-electron chi connectivity index (χ0n) is 13.3. The Kier molecular flexibility index (Phi) is 5.28. The van der Waals surface area contributed by atoms with Gasteiger partial charge in [0.05, 0.1) is 0 Å². The van der Waals surface area contributed by atoms with E-state index < -0.39 is 29.6 Å². The second-order valence-corrected chi connectivity index (χ2v) is 5.62. The van der Waals surface area contributed by atoms with E-state index in [1.54, 1.807) is 6.07 Å². The second kappa shape index (κ2) is 7.21. The van der Waals surface area contributed by atoms with Crippen molar-refractivity contribution in [2.24, 2.45) is 0 Å². The van der Waals surface area contributed by atoms with Crippen molar-refractivity contribution < 1.29 is 23.5 Å². The molecule has 0 saturated heterocycles. The molecule has 0 aliphatic carbocycles. The van der Waals surface area contributed by atoms with Crippen molar-refractivity contribution in [1.29, 1.82) is 0 Å². The Hall–Kier alpha value is -2.76. The van der Waals surface area contributed by atoms with Crippen LogP contribution in [0, 0.1) is 25.5 Å². The lowest BCUT2D eigenvalue weighted by Gasteiger charge is -2.15. The molecule has 6 heteroatoms. The topological polar surface area (TPSA) is 66.4 Å². The second-order valence-electron chi connectivity index (χ2n) is 5.62. The Bertz CT molecular complexity index is 790. The summed E-state index contributed by atoms with van der Waals surface area (Å²) in [6, 6.07) is 7.01. The average Bonchev–Trinajstić information content (AvgIpc) is 2.52. The number of amides is 1. The van der Waals surface area contributed by atoms with Crippen molar-refractivity contribution >= 4 is 11.9 Å². The van der Waals surface area contributed by atoms with E-state index in [1.165, 1.54) is 0 Å². The predicted molar refractivity (Wildman–Crippen MR) is 84.9 cm³/mol. The summed E-state index contributed by atoms with van der Waals surface area (Å²) in [5.74, 6) is -4.21. The predicted octanol–water partition coefficient (Wildman–Crippen LogP) is 3.01. The van der Waals surface area contributed by atoms with Crippen LogP contribution in [0.5, 0.6) is 0 Å². The number of hydrogen-bond acceptors (Lipinski definition) is 2. The molecule has 0 aliphatic heterocycles. The fourth-order valence-electron chi connectivity index (χ4n) is 2.25. The number of carbonyl (C=O) groups excluding carboxylic acids is 1. The molecule has 1 atom stereocenters. The zero-order valence-corrected chi connectivity index (χ0v) is 13.3. The van der Waals surface area contributed by atoms with Gasteiger partial charge in [0.15, 0.2) is 11.6 Å². The first-order valence-corrected chi connectivity index (χ1v) is 7.33. The third kappa shape index (κ3) is 4.16. The maximum atomic E-state index is 13.2. The Balaban J connectivity index is 2.15. The Labute approximate surface area is 138 Å². The van der Waals surface area contributed by atoms with E-state index in [-0.39, 0.29) is 12.0 Å². The third-order valence-electron chi connectivity index (χ3n) is 3.80. The summed E-state index contributed by atoms with van der Waals surface area (Å²) in [7, 11) is 0. The molecule has 2 aromatic carbocycles. The van der Waals surface area contributed by atoms with E-state index in [4.69, 9.17) is 0 Å². The number of carboxylic acids is 1. The number of hydrogen-bond donors (Lipinski definition) is 2. The lowest BCUT2D eigenvalue weighted by molar-refractivity contribution is -0.139. The molecule has 0 radical (unpaired) electrons. The van der Waals surface area contributed by atoms with E-state index in [0.29, 0.717) is 0 Å². The summed E-state index contributed by atoms with van der Waals surface area (Å²) in [6.45, 7) is 3.85. The molecule has 0 aliphatic rings. The first-order chi connectivity index (χ1) is 11.3. The number of carbonyl (C=O) groups is 2. The van der Waals surface area contributed by atoms with Gasteiger partial charge in [-0.2, -0.15) is 0 Å². The minimum atomic E-state index is -1.20. The van der Waals surface area contributed by atoms with Gasteiger partial charge in [0.1, 0.15) is 6.04 Å². The third-order valence-corrected chi connectivity index (χ3v) is 3.80. The molecule has 24 heavy (non-hydrogen) atoms. The van der Waals surface area contributed by atoms with Crippen molar-refractivity contribution in [3.8, 4) is 0 Å². The number of aryl methyl sites for hydroxylation is 2. The van der Waals surface area contributed by atoms with Crippen LogP contribution in [0.4, 0.5) is 8.78 Å². The standard InChI is InChI=1S/C18H17F2NO3/c1-10-3-4-12(7-11(10)2)8-16(18(23)24)21-17(22)13-5-6-14(19)15(20)9-13/h3-7,9,16H,8H2,1-2H3,(H,21,22)(H,23,24)/t16-/m1/s1. The number of rotatable bonds is 5. The van der Waals surface area contributed by atoms with Crippen LogP contribution < -0.4 is 5.32 Å². The molecule has 0 saturated carbocycles. The lowest BCUT2D eigenvalue weighted by atomic mass is 10.0. The highest BCUT2D eigenvalue weighted by molar-refractivity contribution is 5.96. The molecular weight excluding hydrogens is 316 g/mol. The van der Waals surface area contributed by atoms with E-state index in [9.17, 15) is 23.5 Å². The van der Waals surface area contributed by atoms with Crippen molar-refractivity contribution in [3.05, 3.63) is 70.3 Å². The normalized spacial score (nSPS) is 11.8. The van der Waals surface area contributed by atoms with Gasteiger partial charge in [-0.1, -0.05) is 18.2 Å². The molecule has 126 valence electrons. The maximum absolute atomic E-state index is 13.2. The molecule has 4 nitrogen and oxygen atoms in total. The van der Waals surface area contributed by atoms with Crippen LogP contribution in [-0.4, -0.2) is 23.0 Å². The van der Waals surface area contributed by atoms with Crippen LogP contribution >= 0.6 is 0 Å². The van der Waals surface area contributed by atoms with E-state index >= 15 is 0 Å². The first-order valence-electron chi connectivity index (χ1n) is 7.33. The zero-order chi connectivity index (χ0) is 17.9. The van der Waals surface area contributed by atoms with Gasteiger partial charge in [-0.25, -0.2) is 13.6 Å². The molecule has 2 rings (SSSR count). The molecule has 0 spiro atoms. The SMILES string of the molecule is Cc1ccc(C[C@@H](NC(=O)c2ccc(F)c(F)c2)C(=O)O)cc1C. The van der Waals surface area contributed by atoms with Gasteiger partial charge in [-0.05, 0) is 48.7 Å². The van der Waals surface area contributed by atoms with Crippen LogP contribution in [0.3, 0.4) is 0 Å². The minimum absolute atomic E-state index is 0.0892. The molecule has 0 bridgehead atoms. The monoisotopic (exact) mass is 333 g/mol. The smallest absolute Gasteiger partial charge is 0.326 e. The summed E-state index contributed by atoms with van der Waals surface area (Å²) in [5, 5.41) is 11.6. The number of carboxylic acid groups (broad SMARTS) is 1. The van der Waals surface area contributed by atoms with Crippen molar-refractivity contribution in [2.45, 2.75) is 26.3 Å². The molecule has 0 aromatic heterocycles. The van der Waals surface area contributed by atoms with E-state index in [2.05, 4.69) is 5.32 Å². The molecular formula is C18H17F2NO3. The van der Waals surface area contributed by atoms with Crippen molar-refractivity contribution in [2.75, 3.05) is 0 Å². The van der Waals surface area contributed by atoms with Crippen molar-refractivity contribution in [1.82, 2.24) is 5.32 Å². The van der Waals surface area contributed by atoms with Gasteiger partial charge in [-0.3, -0.25) is 4.79 Å². The Morgan fingerprint density at radius 2 is 1.75 bits per heavy atom. The number of nitrogens with one attached hydrogen (secondary N) is 1. The van der Waals surface area contributed by atoms with Crippen LogP contribution in [-0.2, 0) is 11.2 Å². The first kappa shape index (κ1) is 17.6. The fourth-order valence-corrected chi connectivity index (χ4v) is 2.25. The minimum Gasteiger partial charge on any atom is -0.480 e. The average molecular weight is 333 g/mol. The summed E-state index contributed by atoms with van der Waals surface area (Å²) in [6.07, 6.45) is 0.0892. The van der Waals surface area contributed by atoms with E-state index in [0.717, 1.165) is 34.9 Å². The maximum Gasteiger partial charge on any atom is 0.326 e. The van der Waals surface area contributed by atoms with Crippen LogP contribution in [0.25, 0.3) is 0 Å². The fraction of sp³-hybridized carbons (Fsp3) is 0.222. The molecule has 0 unspecified atom stereocenters. The highest BCUT2D eigenvalue weighted by Gasteiger charge is 2.22. The summed E-state index contributed by atoms with van der Waals surface area (Å²) >= 11 is 0. The van der Waals surface area contributed by atoms with Crippen LogP contribution in [0.2, 0.25) is 0 Å². The lowest BCUT2D eigenvalue weighted by Crippen LogP contribution is -2.42. The molecule has 0 fully saturated rings. The number of aliphatic carboxylic acids is 1. The summed E-state index contributed by atoms with van der Waals surface area (Å²) in [4.78, 5) is 23.5. The highest BCUT2D eigenvalue weighted by Crippen LogP contribution is 2.13. The van der Waals surface area contributed by atoms with E-state index in [1.807, 2.05) is 26.0 Å². The summed E-state index contributed by atoms with van der Waals surface area (Å²) in [5.41, 5.74) is 2.72. The number of benzene rings is 2. The molecule has 0 heterocycles. The van der Waals surface area contributed by atoms with Gasteiger partial charge in [0, 0.05) is 12.0 Å². The van der Waals surface area contributed by atoms with Crippen LogP contribution in [0.15, 0.2) is 36.4 Å². The largest absolute Gasteiger partial charge is 0.480 e. The quantitative estimate of drug-likeness (QED) is 0.884. The Morgan fingerprint density at radius 1 is 1.04 bits per heavy atom.